The van der Waals surface area contributed by atoms with Crippen LogP contribution in [-0.2, 0) is 19.1 Å². The number of unbranched alkanes of at least 4 members (excludes halogenated alkanes) is 3. The molecule has 1 aliphatic rings. The Balaban J connectivity index is 1.52. The topological polar surface area (TPSA) is 143 Å². The fourth-order valence-corrected chi connectivity index (χ4v) is 4.94. The number of carboxylic acid groups (broad SMARTS) is 1. The van der Waals surface area contributed by atoms with Crippen molar-refractivity contribution in [2.75, 3.05) is 19.7 Å². The molecule has 0 fully saturated rings. The van der Waals surface area contributed by atoms with Gasteiger partial charge in [0, 0.05) is 25.4 Å². The van der Waals surface area contributed by atoms with Crippen LogP contribution >= 0.6 is 0 Å². The van der Waals surface area contributed by atoms with Gasteiger partial charge >= 0.3 is 18.2 Å². The molecule has 2 aromatic carbocycles. The van der Waals surface area contributed by atoms with Gasteiger partial charge in [-0.3, -0.25) is 9.59 Å². The molecule has 3 amide bonds. The van der Waals surface area contributed by atoms with Crippen LogP contribution in [0.2, 0.25) is 0 Å². The Morgan fingerprint density at radius 2 is 1.40 bits per heavy atom. The molecule has 0 saturated heterocycles. The smallest absolute Gasteiger partial charge is 0.407 e. The summed E-state index contributed by atoms with van der Waals surface area (Å²) >= 11 is 0. The van der Waals surface area contributed by atoms with Crippen LogP contribution in [0.5, 0.6) is 0 Å². The summed E-state index contributed by atoms with van der Waals surface area (Å²) < 4.78 is 10.9. The minimum atomic E-state index is -0.840. The zero-order valence-corrected chi connectivity index (χ0v) is 24.7. The molecular weight excluding hydrogens is 538 g/mol. The second-order valence-electron chi connectivity index (χ2n) is 11.4. The zero-order chi connectivity index (χ0) is 30.5. The summed E-state index contributed by atoms with van der Waals surface area (Å²) in [6.45, 7) is 6.25. The van der Waals surface area contributed by atoms with E-state index in [-0.39, 0.29) is 24.9 Å². The number of nitrogens with one attached hydrogen (secondary N) is 3. The number of ether oxygens (including phenoxy) is 2. The molecule has 0 bridgehead atoms. The SMILES string of the molecule is CC(C)(C)OC(=O)NCCCC[C@H](NC(=O)OCC1c2ccccc2-c2ccccc21)C(=O)NCCCCCC(=O)O. The Bertz CT molecular complexity index is 1180. The van der Waals surface area contributed by atoms with Gasteiger partial charge in [0.25, 0.3) is 0 Å². The van der Waals surface area contributed by atoms with Crippen LogP contribution < -0.4 is 16.0 Å². The number of benzene rings is 2. The number of hydrogen-bond acceptors (Lipinski definition) is 6. The molecule has 0 saturated carbocycles. The molecule has 1 aliphatic carbocycles. The van der Waals surface area contributed by atoms with E-state index >= 15 is 0 Å². The lowest BCUT2D eigenvalue weighted by Crippen LogP contribution is -2.47. The van der Waals surface area contributed by atoms with Crippen LogP contribution in [-0.4, -0.2) is 60.5 Å². The quantitative estimate of drug-likeness (QED) is 0.208. The molecule has 0 unspecified atom stereocenters. The Kier molecular flexibility index (Phi) is 12.2. The summed E-state index contributed by atoms with van der Waals surface area (Å²) in [6, 6.07) is 15.3. The molecule has 4 N–H and O–H groups in total. The second-order valence-corrected chi connectivity index (χ2v) is 11.4. The summed E-state index contributed by atoms with van der Waals surface area (Å²) in [4.78, 5) is 48.4. The van der Waals surface area contributed by atoms with Crippen LogP contribution in [0.15, 0.2) is 48.5 Å². The van der Waals surface area contributed by atoms with Gasteiger partial charge in [0.05, 0.1) is 0 Å². The predicted molar refractivity (Wildman–Crippen MR) is 159 cm³/mol. The van der Waals surface area contributed by atoms with Gasteiger partial charge in [-0.25, -0.2) is 9.59 Å². The number of carbonyl (C=O) groups excluding carboxylic acids is 3. The van der Waals surface area contributed by atoms with Crippen LogP contribution in [0.4, 0.5) is 9.59 Å². The van der Waals surface area contributed by atoms with Gasteiger partial charge < -0.3 is 30.5 Å². The van der Waals surface area contributed by atoms with E-state index in [1.165, 1.54) is 0 Å². The monoisotopic (exact) mass is 581 g/mol. The minimum Gasteiger partial charge on any atom is -0.481 e. The van der Waals surface area contributed by atoms with Crippen molar-refractivity contribution in [2.45, 2.75) is 83.3 Å². The van der Waals surface area contributed by atoms with Crippen molar-refractivity contribution in [1.29, 1.82) is 0 Å². The highest BCUT2D eigenvalue weighted by Gasteiger charge is 2.29. The molecule has 1 atom stereocenters. The standard InChI is InChI=1S/C32H43N3O7/c1-32(2,3)42-30(39)34-20-12-10-17-27(29(38)33-19-11-4-5-18-28(36)37)35-31(40)41-21-26-24-15-8-6-13-22(24)23-14-7-9-16-25(23)26/h6-9,13-16,26-27H,4-5,10-12,17-21H2,1-3H3,(H,33,38)(H,34,39)(H,35,40)(H,36,37)/t27-/m0/s1. The Morgan fingerprint density at radius 1 is 0.810 bits per heavy atom. The molecule has 0 spiro atoms. The van der Waals surface area contributed by atoms with Crippen molar-refractivity contribution in [2.24, 2.45) is 0 Å². The van der Waals surface area contributed by atoms with E-state index < -0.39 is 29.8 Å². The van der Waals surface area contributed by atoms with Gasteiger partial charge in [0.15, 0.2) is 0 Å². The first-order valence-corrected chi connectivity index (χ1v) is 14.6. The number of alkyl carbamates (subject to hydrolysis) is 2. The normalized spacial score (nSPS) is 12.9. The number of hydrogen-bond donors (Lipinski definition) is 4. The lowest BCUT2D eigenvalue weighted by atomic mass is 9.98. The largest absolute Gasteiger partial charge is 0.481 e. The summed E-state index contributed by atoms with van der Waals surface area (Å²) in [6.07, 6.45) is 2.27. The molecule has 10 heteroatoms. The molecule has 0 aliphatic heterocycles. The number of carboxylic acids is 1. The van der Waals surface area contributed by atoms with E-state index in [0.717, 1.165) is 22.3 Å². The maximum atomic E-state index is 13.0. The maximum Gasteiger partial charge on any atom is 0.407 e. The van der Waals surface area contributed by atoms with Gasteiger partial charge in [-0.2, -0.15) is 0 Å². The molecule has 2 aromatic rings. The first-order valence-electron chi connectivity index (χ1n) is 14.6. The lowest BCUT2D eigenvalue weighted by Gasteiger charge is -2.20. The first-order chi connectivity index (χ1) is 20.0. The van der Waals surface area contributed by atoms with E-state index in [9.17, 15) is 19.2 Å². The Morgan fingerprint density at radius 3 is 2.02 bits per heavy atom. The van der Waals surface area contributed by atoms with Gasteiger partial charge in [-0.1, -0.05) is 55.0 Å². The molecule has 3 rings (SSSR count). The van der Waals surface area contributed by atoms with Crippen LogP contribution in [0, 0.1) is 0 Å². The fourth-order valence-electron chi connectivity index (χ4n) is 4.94. The highest BCUT2D eigenvalue weighted by molar-refractivity contribution is 5.85. The molecule has 228 valence electrons. The van der Waals surface area contributed by atoms with Gasteiger partial charge in [0.1, 0.15) is 18.2 Å². The first kappa shape index (κ1) is 32.4. The van der Waals surface area contributed by atoms with Crippen molar-refractivity contribution in [3.63, 3.8) is 0 Å². The molecule has 10 nitrogen and oxygen atoms in total. The third kappa shape index (κ3) is 10.4. The fraction of sp³-hybridized carbons (Fsp3) is 0.500. The van der Waals surface area contributed by atoms with Gasteiger partial charge in [0.2, 0.25) is 5.91 Å². The summed E-state index contributed by atoms with van der Waals surface area (Å²) in [5, 5.41) is 17.0. The van der Waals surface area contributed by atoms with Crippen molar-refractivity contribution < 1.29 is 33.8 Å². The van der Waals surface area contributed by atoms with E-state index in [1.807, 2.05) is 36.4 Å². The van der Waals surface area contributed by atoms with Crippen molar-refractivity contribution in [3.05, 3.63) is 59.7 Å². The van der Waals surface area contributed by atoms with E-state index in [1.54, 1.807) is 20.8 Å². The van der Waals surface area contributed by atoms with Crippen LogP contribution in [0.25, 0.3) is 11.1 Å². The third-order valence-electron chi connectivity index (χ3n) is 6.91. The van der Waals surface area contributed by atoms with E-state index in [4.69, 9.17) is 14.6 Å². The van der Waals surface area contributed by atoms with Crippen LogP contribution in [0.3, 0.4) is 0 Å². The highest BCUT2D eigenvalue weighted by atomic mass is 16.6. The van der Waals surface area contributed by atoms with E-state index in [0.29, 0.717) is 51.6 Å². The second kappa shape index (κ2) is 15.8. The third-order valence-corrected chi connectivity index (χ3v) is 6.91. The van der Waals surface area contributed by atoms with Gasteiger partial charge in [-0.15, -0.1) is 0 Å². The average Bonchev–Trinajstić information content (AvgIpc) is 3.25. The number of carbonyl (C=O) groups is 4. The molecule has 0 radical (unpaired) electrons. The van der Waals surface area contributed by atoms with Crippen molar-refractivity contribution in [3.8, 4) is 11.1 Å². The average molecular weight is 582 g/mol. The van der Waals surface area contributed by atoms with E-state index in [2.05, 4.69) is 28.1 Å². The highest BCUT2D eigenvalue weighted by Crippen LogP contribution is 2.44. The summed E-state index contributed by atoms with van der Waals surface area (Å²) in [5.74, 6) is -1.27. The number of fused-ring (bicyclic) bond motifs is 3. The molecule has 0 heterocycles. The number of rotatable bonds is 15. The Hall–Kier alpha value is -4.08. The molecular formula is C32H43N3O7. The van der Waals surface area contributed by atoms with Gasteiger partial charge in [-0.05, 0) is 75.1 Å². The predicted octanol–water partition coefficient (Wildman–Crippen LogP) is 5.35. The molecule has 0 aromatic heterocycles. The molecule has 42 heavy (non-hydrogen) atoms. The number of aliphatic carboxylic acids is 1. The zero-order valence-electron chi connectivity index (χ0n) is 24.7. The van der Waals surface area contributed by atoms with Crippen molar-refractivity contribution >= 4 is 24.1 Å². The van der Waals surface area contributed by atoms with Crippen LogP contribution in [0.1, 0.15) is 82.8 Å². The van der Waals surface area contributed by atoms with Crippen molar-refractivity contribution in [1.82, 2.24) is 16.0 Å². The Labute approximate surface area is 247 Å². The summed E-state index contributed by atoms with van der Waals surface area (Å²) in [5.41, 5.74) is 3.86. The number of amides is 3. The minimum absolute atomic E-state index is 0.0945. The summed E-state index contributed by atoms with van der Waals surface area (Å²) in [7, 11) is 0. The lowest BCUT2D eigenvalue weighted by molar-refractivity contribution is -0.137. The maximum absolute atomic E-state index is 13.0.